The fourth-order valence-corrected chi connectivity index (χ4v) is 3.00. The lowest BCUT2D eigenvalue weighted by atomic mass is 10.2. The summed E-state index contributed by atoms with van der Waals surface area (Å²) in [6.45, 7) is 1.81. The number of sulfonamides is 1. The van der Waals surface area contributed by atoms with Crippen LogP contribution in [0.2, 0.25) is 5.02 Å². The van der Waals surface area contributed by atoms with Crippen LogP contribution in [0.3, 0.4) is 0 Å². The predicted octanol–water partition coefficient (Wildman–Crippen LogP) is 3.03. The molecule has 0 aliphatic carbocycles. The smallest absolute Gasteiger partial charge is 0.263 e. The third kappa shape index (κ3) is 3.19. The Hall–Kier alpha value is -1.72. The minimum absolute atomic E-state index is 0.0717. The monoisotopic (exact) mass is 296 g/mol. The van der Waals surface area contributed by atoms with E-state index in [0.717, 1.165) is 5.56 Å². The number of anilines is 2. The lowest BCUT2D eigenvalue weighted by molar-refractivity contribution is 0.601. The largest absolute Gasteiger partial charge is 0.398 e. The minimum Gasteiger partial charge on any atom is -0.398 e. The van der Waals surface area contributed by atoms with Crippen molar-refractivity contribution in [3.05, 3.63) is 53.1 Å². The van der Waals surface area contributed by atoms with Gasteiger partial charge in [0, 0.05) is 10.7 Å². The predicted molar refractivity (Wildman–Crippen MR) is 77.9 cm³/mol. The molecule has 0 fully saturated rings. The Morgan fingerprint density at radius 2 is 1.74 bits per heavy atom. The molecule has 0 heterocycles. The molecule has 4 nitrogen and oxygen atoms in total. The Morgan fingerprint density at radius 3 is 2.37 bits per heavy atom. The van der Waals surface area contributed by atoms with Crippen LogP contribution < -0.4 is 10.5 Å². The average Bonchev–Trinajstić information content (AvgIpc) is 2.35. The molecule has 0 radical (unpaired) electrons. The molecule has 0 saturated heterocycles. The van der Waals surface area contributed by atoms with Crippen molar-refractivity contribution in [3.8, 4) is 0 Å². The van der Waals surface area contributed by atoms with E-state index < -0.39 is 10.0 Å². The number of aryl methyl sites for hydroxylation is 1. The second-order valence-corrected chi connectivity index (χ2v) is 6.24. The van der Waals surface area contributed by atoms with Crippen LogP contribution in [0.1, 0.15) is 5.56 Å². The Labute approximate surface area is 117 Å². The second kappa shape index (κ2) is 5.11. The lowest BCUT2D eigenvalue weighted by Gasteiger charge is -2.10. The van der Waals surface area contributed by atoms with Gasteiger partial charge >= 0.3 is 0 Å². The number of benzene rings is 2. The maximum atomic E-state index is 12.2. The zero-order chi connectivity index (χ0) is 14.0. The van der Waals surface area contributed by atoms with Gasteiger partial charge in [0.25, 0.3) is 10.0 Å². The zero-order valence-electron chi connectivity index (χ0n) is 10.2. The summed E-state index contributed by atoms with van der Waals surface area (Å²) in [5.41, 5.74) is 7.19. The van der Waals surface area contributed by atoms with Crippen LogP contribution in [0.25, 0.3) is 0 Å². The van der Waals surface area contributed by atoms with Crippen LogP contribution in [-0.2, 0) is 10.0 Å². The number of hydrogen-bond acceptors (Lipinski definition) is 3. The first-order chi connectivity index (χ1) is 8.88. The highest BCUT2D eigenvalue weighted by Gasteiger charge is 2.17. The molecule has 0 aromatic heterocycles. The maximum Gasteiger partial charge on any atom is 0.263 e. The molecule has 0 unspecified atom stereocenters. The molecular formula is C13H13ClN2O2S. The zero-order valence-corrected chi connectivity index (χ0v) is 11.8. The van der Waals surface area contributed by atoms with Crippen LogP contribution in [-0.4, -0.2) is 8.42 Å². The van der Waals surface area contributed by atoms with Crippen molar-refractivity contribution in [1.29, 1.82) is 0 Å². The van der Waals surface area contributed by atoms with Crippen LogP contribution in [0.15, 0.2) is 47.4 Å². The average molecular weight is 297 g/mol. The van der Waals surface area contributed by atoms with Crippen LogP contribution in [0.4, 0.5) is 11.4 Å². The first-order valence-corrected chi connectivity index (χ1v) is 7.39. The topological polar surface area (TPSA) is 72.2 Å². The molecule has 0 atom stereocenters. The van der Waals surface area contributed by atoms with Crippen molar-refractivity contribution in [3.63, 3.8) is 0 Å². The van der Waals surface area contributed by atoms with E-state index in [0.29, 0.717) is 10.7 Å². The van der Waals surface area contributed by atoms with Crippen molar-refractivity contribution >= 4 is 33.0 Å². The molecule has 3 N–H and O–H groups in total. The van der Waals surface area contributed by atoms with Crippen LogP contribution in [0.5, 0.6) is 0 Å². The van der Waals surface area contributed by atoms with Gasteiger partial charge in [0.1, 0.15) is 4.90 Å². The molecular weight excluding hydrogens is 284 g/mol. The number of rotatable bonds is 3. The second-order valence-electron chi connectivity index (χ2n) is 4.15. The van der Waals surface area contributed by atoms with E-state index in [1.807, 2.05) is 0 Å². The Balaban J connectivity index is 2.37. The minimum atomic E-state index is -3.70. The van der Waals surface area contributed by atoms with Gasteiger partial charge < -0.3 is 5.73 Å². The van der Waals surface area contributed by atoms with Crippen LogP contribution >= 0.6 is 11.6 Å². The van der Waals surface area contributed by atoms with Gasteiger partial charge in [-0.25, -0.2) is 8.42 Å². The van der Waals surface area contributed by atoms with E-state index >= 15 is 0 Å². The molecule has 0 aliphatic heterocycles. The number of hydrogen-bond donors (Lipinski definition) is 2. The molecule has 100 valence electrons. The van der Waals surface area contributed by atoms with Crippen molar-refractivity contribution in [2.75, 3.05) is 10.5 Å². The summed E-state index contributed by atoms with van der Waals surface area (Å²) in [6, 6.07) is 11.3. The summed E-state index contributed by atoms with van der Waals surface area (Å²) < 4.78 is 26.9. The third-order valence-corrected chi connectivity index (χ3v) is 4.24. The molecule has 0 amide bonds. The van der Waals surface area contributed by atoms with Gasteiger partial charge in [0.15, 0.2) is 0 Å². The van der Waals surface area contributed by atoms with Crippen molar-refractivity contribution in [2.24, 2.45) is 0 Å². The van der Waals surface area contributed by atoms with E-state index in [4.69, 9.17) is 17.3 Å². The fourth-order valence-electron chi connectivity index (χ4n) is 1.60. The van der Waals surface area contributed by atoms with Crippen molar-refractivity contribution in [2.45, 2.75) is 11.8 Å². The number of nitrogen functional groups attached to an aromatic ring is 1. The molecule has 6 heteroatoms. The van der Waals surface area contributed by atoms with Crippen molar-refractivity contribution in [1.82, 2.24) is 0 Å². The summed E-state index contributed by atoms with van der Waals surface area (Å²) in [7, 11) is -3.70. The standard InChI is InChI=1S/C13H13ClN2O2S/c1-9-2-7-12(15)13(8-9)19(17,18)16-11-5-3-10(14)4-6-11/h2-8,16H,15H2,1H3. The molecule has 0 spiro atoms. The summed E-state index contributed by atoms with van der Waals surface area (Å²) in [4.78, 5) is 0.0717. The van der Waals surface area contributed by atoms with E-state index in [2.05, 4.69) is 4.72 Å². The number of nitrogens with one attached hydrogen (secondary N) is 1. The SMILES string of the molecule is Cc1ccc(N)c(S(=O)(=O)Nc2ccc(Cl)cc2)c1. The first-order valence-electron chi connectivity index (χ1n) is 5.53. The summed E-state index contributed by atoms with van der Waals surface area (Å²) in [5, 5.41) is 0.540. The van der Waals surface area contributed by atoms with Gasteiger partial charge in [-0.3, -0.25) is 4.72 Å². The Bertz CT molecular complexity index is 697. The molecule has 2 aromatic carbocycles. The van der Waals surface area contributed by atoms with Gasteiger partial charge in [-0.2, -0.15) is 0 Å². The first kappa shape index (κ1) is 13.7. The third-order valence-electron chi connectivity index (χ3n) is 2.56. The Morgan fingerprint density at radius 1 is 1.11 bits per heavy atom. The van der Waals surface area contributed by atoms with E-state index in [1.165, 1.54) is 6.07 Å². The quantitative estimate of drug-likeness (QED) is 0.855. The summed E-state index contributed by atoms with van der Waals surface area (Å²) in [5.74, 6) is 0. The van der Waals surface area contributed by atoms with Gasteiger partial charge in [0.2, 0.25) is 0 Å². The number of halogens is 1. The Kier molecular flexibility index (Phi) is 3.68. The van der Waals surface area contributed by atoms with Gasteiger partial charge in [-0.05, 0) is 48.9 Å². The molecule has 0 aliphatic rings. The molecule has 2 aromatic rings. The normalized spacial score (nSPS) is 11.3. The highest BCUT2D eigenvalue weighted by molar-refractivity contribution is 7.92. The number of nitrogens with two attached hydrogens (primary N) is 1. The molecule has 0 bridgehead atoms. The van der Waals surface area contributed by atoms with E-state index in [9.17, 15) is 8.42 Å². The fraction of sp³-hybridized carbons (Fsp3) is 0.0769. The summed E-state index contributed by atoms with van der Waals surface area (Å²) >= 11 is 5.75. The molecule has 0 saturated carbocycles. The van der Waals surface area contributed by atoms with Gasteiger partial charge in [0.05, 0.1) is 5.69 Å². The summed E-state index contributed by atoms with van der Waals surface area (Å²) in [6.07, 6.45) is 0. The van der Waals surface area contributed by atoms with E-state index in [-0.39, 0.29) is 10.6 Å². The highest BCUT2D eigenvalue weighted by Crippen LogP contribution is 2.23. The van der Waals surface area contributed by atoms with Crippen molar-refractivity contribution < 1.29 is 8.42 Å². The highest BCUT2D eigenvalue weighted by atomic mass is 35.5. The van der Waals surface area contributed by atoms with E-state index in [1.54, 1.807) is 43.3 Å². The maximum absolute atomic E-state index is 12.2. The van der Waals surface area contributed by atoms with Gasteiger partial charge in [-0.15, -0.1) is 0 Å². The van der Waals surface area contributed by atoms with Crippen LogP contribution in [0, 0.1) is 6.92 Å². The lowest BCUT2D eigenvalue weighted by Crippen LogP contribution is -2.14. The molecule has 2 rings (SSSR count). The van der Waals surface area contributed by atoms with Gasteiger partial charge in [-0.1, -0.05) is 17.7 Å². The molecule has 19 heavy (non-hydrogen) atoms.